The minimum atomic E-state index is -3.70. The fourth-order valence-corrected chi connectivity index (χ4v) is 4.91. The number of hydrogen-bond donors (Lipinski definition) is 1. The average Bonchev–Trinajstić information content (AvgIpc) is 2.68. The number of halogens is 1. The molecule has 148 valence electrons. The first-order chi connectivity index (χ1) is 13.3. The Morgan fingerprint density at radius 3 is 2.46 bits per heavy atom. The summed E-state index contributed by atoms with van der Waals surface area (Å²) in [7, 11) is -3.70. The first-order valence-corrected chi connectivity index (χ1v) is 10.8. The van der Waals surface area contributed by atoms with Gasteiger partial charge in [-0.1, -0.05) is 23.7 Å². The van der Waals surface area contributed by atoms with Crippen molar-refractivity contribution in [3.05, 3.63) is 59.1 Å². The highest BCUT2D eigenvalue weighted by Gasteiger charge is 2.33. The number of ketones is 1. The normalized spacial score (nSPS) is 17.9. The molecule has 0 aliphatic carbocycles. The predicted octanol–water partition coefficient (Wildman–Crippen LogP) is 3.58. The highest BCUT2D eigenvalue weighted by molar-refractivity contribution is 7.89. The highest BCUT2D eigenvalue weighted by atomic mass is 35.5. The SMILES string of the molecule is CC(=O)c1ccccc1NC(=O)[C@@H]1CCCN(S(=O)(=O)c2ccc(Cl)cc2)C1. The summed E-state index contributed by atoms with van der Waals surface area (Å²) < 4.78 is 27.1. The van der Waals surface area contributed by atoms with E-state index in [9.17, 15) is 18.0 Å². The minimum absolute atomic E-state index is 0.0963. The third kappa shape index (κ3) is 4.43. The first kappa shape index (κ1) is 20.5. The molecule has 1 heterocycles. The molecule has 2 aromatic carbocycles. The molecule has 0 spiro atoms. The number of anilines is 1. The van der Waals surface area contributed by atoms with E-state index in [-0.39, 0.29) is 23.1 Å². The van der Waals surface area contributed by atoms with Gasteiger partial charge in [0, 0.05) is 23.7 Å². The van der Waals surface area contributed by atoms with E-state index in [0.29, 0.717) is 35.7 Å². The van der Waals surface area contributed by atoms with E-state index < -0.39 is 15.9 Å². The molecule has 1 N–H and O–H groups in total. The van der Waals surface area contributed by atoms with Crippen LogP contribution in [0.2, 0.25) is 5.02 Å². The van der Waals surface area contributed by atoms with Crippen molar-refractivity contribution in [2.24, 2.45) is 5.92 Å². The summed E-state index contributed by atoms with van der Waals surface area (Å²) in [5, 5.41) is 3.24. The topological polar surface area (TPSA) is 83.6 Å². The summed E-state index contributed by atoms with van der Waals surface area (Å²) >= 11 is 5.84. The maximum atomic E-state index is 12.9. The van der Waals surface area contributed by atoms with Crippen LogP contribution in [0.4, 0.5) is 5.69 Å². The molecular weight excluding hydrogens is 400 g/mol. The quantitative estimate of drug-likeness (QED) is 0.749. The second-order valence-electron chi connectivity index (χ2n) is 6.75. The monoisotopic (exact) mass is 420 g/mol. The van der Waals surface area contributed by atoms with Gasteiger partial charge >= 0.3 is 0 Å². The van der Waals surface area contributed by atoms with Gasteiger partial charge < -0.3 is 5.32 Å². The van der Waals surface area contributed by atoms with E-state index in [1.807, 2.05) is 0 Å². The Balaban J connectivity index is 1.75. The number of nitrogens with one attached hydrogen (secondary N) is 1. The van der Waals surface area contributed by atoms with Gasteiger partial charge in [-0.15, -0.1) is 0 Å². The Bertz CT molecular complexity index is 990. The first-order valence-electron chi connectivity index (χ1n) is 8.95. The smallest absolute Gasteiger partial charge is 0.243 e. The van der Waals surface area contributed by atoms with Crippen LogP contribution in [0.15, 0.2) is 53.4 Å². The molecule has 1 saturated heterocycles. The zero-order valence-corrected chi connectivity index (χ0v) is 17.0. The van der Waals surface area contributed by atoms with Gasteiger partial charge in [-0.25, -0.2) is 8.42 Å². The molecule has 0 saturated carbocycles. The second kappa shape index (κ2) is 8.43. The Morgan fingerprint density at radius 2 is 1.79 bits per heavy atom. The summed E-state index contributed by atoms with van der Waals surface area (Å²) in [4.78, 5) is 24.6. The molecule has 1 amide bonds. The molecule has 6 nitrogen and oxygen atoms in total. The number of carbonyl (C=O) groups excluding carboxylic acids is 2. The average molecular weight is 421 g/mol. The number of benzene rings is 2. The summed E-state index contributed by atoms with van der Waals surface area (Å²) in [6.45, 7) is 1.89. The molecule has 0 radical (unpaired) electrons. The van der Waals surface area contributed by atoms with Crippen LogP contribution in [0, 0.1) is 5.92 Å². The lowest BCUT2D eigenvalue weighted by molar-refractivity contribution is -0.120. The van der Waals surface area contributed by atoms with Gasteiger partial charge in [0.25, 0.3) is 0 Å². The number of piperidine rings is 1. The lowest BCUT2D eigenvalue weighted by atomic mass is 9.98. The zero-order chi connectivity index (χ0) is 20.3. The van der Waals surface area contributed by atoms with Gasteiger partial charge in [-0.3, -0.25) is 9.59 Å². The molecule has 1 atom stereocenters. The molecule has 1 aliphatic heterocycles. The number of amides is 1. The number of hydrogen-bond acceptors (Lipinski definition) is 4. The van der Waals surface area contributed by atoms with E-state index >= 15 is 0 Å². The summed E-state index contributed by atoms with van der Waals surface area (Å²) in [6, 6.07) is 12.8. The van der Waals surface area contributed by atoms with Crippen molar-refractivity contribution in [1.29, 1.82) is 0 Å². The molecule has 3 rings (SSSR count). The molecule has 0 bridgehead atoms. The van der Waals surface area contributed by atoms with Crippen molar-refractivity contribution in [3.8, 4) is 0 Å². The van der Waals surface area contributed by atoms with Gasteiger partial charge in [0.05, 0.1) is 16.5 Å². The van der Waals surface area contributed by atoms with Crippen LogP contribution >= 0.6 is 11.6 Å². The maximum Gasteiger partial charge on any atom is 0.243 e. The summed E-state index contributed by atoms with van der Waals surface area (Å²) in [6.07, 6.45) is 1.17. The summed E-state index contributed by atoms with van der Waals surface area (Å²) in [5.74, 6) is -0.924. The molecule has 0 unspecified atom stereocenters. The lowest BCUT2D eigenvalue weighted by Crippen LogP contribution is -2.43. The Labute approximate surface area is 169 Å². The van der Waals surface area contributed by atoms with Crippen molar-refractivity contribution < 1.29 is 18.0 Å². The third-order valence-electron chi connectivity index (χ3n) is 4.77. The Kier molecular flexibility index (Phi) is 6.17. The van der Waals surface area contributed by atoms with Crippen LogP contribution in [-0.2, 0) is 14.8 Å². The Morgan fingerprint density at radius 1 is 1.11 bits per heavy atom. The van der Waals surface area contributed by atoms with E-state index in [4.69, 9.17) is 11.6 Å². The van der Waals surface area contributed by atoms with Crippen LogP contribution in [0.25, 0.3) is 0 Å². The zero-order valence-electron chi connectivity index (χ0n) is 15.4. The van der Waals surface area contributed by atoms with Crippen molar-refractivity contribution >= 4 is 39.0 Å². The van der Waals surface area contributed by atoms with Crippen LogP contribution < -0.4 is 5.32 Å². The number of Topliss-reactive ketones (excluding diaryl/α,β-unsaturated/α-hetero) is 1. The molecule has 1 aliphatic rings. The number of para-hydroxylation sites is 1. The maximum absolute atomic E-state index is 12.9. The summed E-state index contributed by atoms with van der Waals surface area (Å²) in [5.41, 5.74) is 0.870. The van der Waals surface area contributed by atoms with E-state index in [0.717, 1.165) is 0 Å². The van der Waals surface area contributed by atoms with E-state index in [2.05, 4.69) is 5.32 Å². The van der Waals surface area contributed by atoms with Crippen molar-refractivity contribution in [2.75, 3.05) is 18.4 Å². The minimum Gasteiger partial charge on any atom is -0.325 e. The van der Waals surface area contributed by atoms with Gasteiger partial charge in [0.15, 0.2) is 5.78 Å². The lowest BCUT2D eigenvalue weighted by Gasteiger charge is -2.31. The number of carbonyl (C=O) groups is 2. The molecule has 28 heavy (non-hydrogen) atoms. The van der Waals surface area contributed by atoms with E-state index in [1.165, 1.54) is 35.5 Å². The van der Waals surface area contributed by atoms with E-state index in [1.54, 1.807) is 24.3 Å². The number of nitrogens with zero attached hydrogens (tertiary/aromatic N) is 1. The van der Waals surface area contributed by atoms with Gasteiger partial charge in [0.1, 0.15) is 0 Å². The second-order valence-corrected chi connectivity index (χ2v) is 9.12. The fraction of sp³-hybridized carbons (Fsp3) is 0.300. The fourth-order valence-electron chi connectivity index (χ4n) is 3.26. The number of sulfonamides is 1. The van der Waals surface area contributed by atoms with Gasteiger partial charge in [-0.05, 0) is 56.2 Å². The van der Waals surface area contributed by atoms with Crippen LogP contribution in [0.3, 0.4) is 0 Å². The van der Waals surface area contributed by atoms with Crippen molar-refractivity contribution in [3.63, 3.8) is 0 Å². The van der Waals surface area contributed by atoms with Crippen LogP contribution in [0.1, 0.15) is 30.1 Å². The van der Waals surface area contributed by atoms with Crippen LogP contribution in [0.5, 0.6) is 0 Å². The molecule has 1 fully saturated rings. The van der Waals surface area contributed by atoms with Crippen molar-refractivity contribution in [2.45, 2.75) is 24.7 Å². The van der Waals surface area contributed by atoms with Crippen LogP contribution in [-0.4, -0.2) is 37.5 Å². The van der Waals surface area contributed by atoms with Gasteiger partial charge in [0.2, 0.25) is 15.9 Å². The molecule has 2 aromatic rings. The Hall–Kier alpha value is -2.22. The highest BCUT2D eigenvalue weighted by Crippen LogP contribution is 2.26. The largest absolute Gasteiger partial charge is 0.325 e. The van der Waals surface area contributed by atoms with Crippen molar-refractivity contribution in [1.82, 2.24) is 4.31 Å². The standard InChI is InChI=1S/C20H21ClN2O4S/c1-14(24)18-6-2-3-7-19(18)22-20(25)15-5-4-12-23(13-15)28(26,27)17-10-8-16(21)9-11-17/h2-3,6-11,15H,4-5,12-13H2,1H3,(H,22,25)/t15-/m1/s1. The molecule has 8 heteroatoms. The predicted molar refractivity (Wildman–Crippen MR) is 108 cm³/mol. The third-order valence-corrected chi connectivity index (χ3v) is 6.90. The number of rotatable bonds is 5. The molecular formula is C20H21ClN2O4S. The molecule has 0 aromatic heterocycles. The van der Waals surface area contributed by atoms with Gasteiger partial charge in [-0.2, -0.15) is 4.31 Å².